The molecule has 6 heteroatoms. The molecule has 27 heavy (non-hydrogen) atoms. The van der Waals surface area contributed by atoms with Gasteiger partial charge in [0.1, 0.15) is 17.5 Å². The molecule has 0 fully saturated rings. The van der Waals surface area contributed by atoms with Gasteiger partial charge in [0, 0.05) is 18.6 Å². The molecule has 0 aliphatic rings. The Kier molecular flexibility index (Phi) is 14.0. The van der Waals surface area contributed by atoms with Crippen LogP contribution in [0.3, 0.4) is 0 Å². The third-order valence-corrected chi connectivity index (χ3v) is 5.27. The Morgan fingerprint density at radius 2 is 1.37 bits per heavy atom. The minimum atomic E-state index is -0.942. The summed E-state index contributed by atoms with van der Waals surface area (Å²) in [6.07, 6.45) is 11.1. The van der Waals surface area contributed by atoms with Crippen LogP contribution in [-0.2, 0) is 4.84 Å². The van der Waals surface area contributed by atoms with Gasteiger partial charge in [-0.25, -0.2) is 19.1 Å². The van der Waals surface area contributed by atoms with Gasteiger partial charge < -0.3 is 4.84 Å². The number of hydrogen-bond donors (Lipinski definition) is 1. The maximum Gasteiger partial charge on any atom is 0.144 e. The highest BCUT2D eigenvalue weighted by molar-refractivity contribution is 7.99. The zero-order chi connectivity index (χ0) is 19.7. The Bertz CT molecular complexity index is 564. The Labute approximate surface area is 165 Å². The van der Waals surface area contributed by atoms with Gasteiger partial charge in [-0.3, -0.25) is 0 Å². The Hall–Kier alpha value is -1.16. The highest BCUT2D eigenvalue weighted by Gasteiger charge is 2.08. The zero-order valence-corrected chi connectivity index (χ0v) is 16.7. The average molecular weight is 402 g/mol. The van der Waals surface area contributed by atoms with Crippen LogP contribution in [0.15, 0.2) is 12.1 Å². The van der Waals surface area contributed by atoms with E-state index < -0.39 is 17.5 Å². The van der Waals surface area contributed by atoms with Crippen molar-refractivity contribution in [3.63, 3.8) is 0 Å². The van der Waals surface area contributed by atoms with E-state index in [-0.39, 0.29) is 5.56 Å². The minimum Gasteiger partial charge on any atom is -0.305 e. The predicted octanol–water partition coefficient (Wildman–Crippen LogP) is 5.98. The van der Waals surface area contributed by atoms with Crippen LogP contribution in [0.25, 0.3) is 0 Å². The molecule has 0 aliphatic heterocycles. The molecule has 152 valence electrons. The van der Waals surface area contributed by atoms with Crippen LogP contribution in [0.4, 0.5) is 13.2 Å². The number of nitrogens with two attached hydrogens (primary N) is 1. The monoisotopic (exact) mass is 401 g/mol. The van der Waals surface area contributed by atoms with Crippen molar-refractivity contribution >= 4 is 11.8 Å². The predicted molar refractivity (Wildman–Crippen MR) is 107 cm³/mol. The SMILES string of the molecule is NOCCCSCCCCCCCCCCC#Cc1c(F)cc(F)cc1F. The van der Waals surface area contributed by atoms with Crippen LogP contribution < -0.4 is 5.90 Å². The topological polar surface area (TPSA) is 35.2 Å². The van der Waals surface area contributed by atoms with Gasteiger partial charge in [-0.2, -0.15) is 11.8 Å². The smallest absolute Gasteiger partial charge is 0.144 e. The summed E-state index contributed by atoms with van der Waals surface area (Å²) in [7, 11) is 0. The van der Waals surface area contributed by atoms with Crippen LogP contribution in [-0.4, -0.2) is 18.1 Å². The Balaban J connectivity index is 1.94. The fourth-order valence-corrected chi connectivity index (χ4v) is 3.57. The summed E-state index contributed by atoms with van der Waals surface area (Å²) in [5, 5.41) is 0. The summed E-state index contributed by atoms with van der Waals surface area (Å²) in [5.74, 6) is 9.73. The molecule has 1 aromatic rings. The van der Waals surface area contributed by atoms with Crippen molar-refractivity contribution < 1.29 is 18.0 Å². The van der Waals surface area contributed by atoms with E-state index in [0.717, 1.165) is 31.4 Å². The fraction of sp³-hybridized carbons (Fsp3) is 0.619. The molecule has 0 heterocycles. The van der Waals surface area contributed by atoms with E-state index in [1.165, 1.54) is 37.9 Å². The van der Waals surface area contributed by atoms with Crippen molar-refractivity contribution in [1.82, 2.24) is 0 Å². The summed E-state index contributed by atoms with van der Waals surface area (Å²) in [5.41, 5.74) is -0.345. The lowest BCUT2D eigenvalue weighted by Gasteiger charge is -2.02. The standard InChI is InChI=1S/C21H30F3NOS/c22-18-16-20(23)19(21(24)17-18)12-9-7-5-3-1-2-4-6-8-10-14-27-15-11-13-26-25/h16-17H,1-8,10-11,13-15,25H2. The van der Waals surface area contributed by atoms with Crippen molar-refractivity contribution in [3.8, 4) is 11.8 Å². The normalized spacial score (nSPS) is 10.7. The van der Waals surface area contributed by atoms with Crippen molar-refractivity contribution in [2.75, 3.05) is 18.1 Å². The van der Waals surface area contributed by atoms with Gasteiger partial charge in [0.05, 0.1) is 12.2 Å². The first-order chi connectivity index (χ1) is 13.1. The third kappa shape index (κ3) is 12.0. The van der Waals surface area contributed by atoms with Gasteiger partial charge in [0.25, 0.3) is 0 Å². The number of unbranched alkanes of at least 4 members (excludes halogenated alkanes) is 8. The summed E-state index contributed by atoms with van der Waals surface area (Å²) in [6.45, 7) is 0.637. The molecule has 0 atom stereocenters. The number of halogens is 3. The van der Waals surface area contributed by atoms with Gasteiger partial charge in [-0.15, -0.1) is 0 Å². The molecule has 2 N–H and O–H groups in total. The van der Waals surface area contributed by atoms with E-state index in [1.807, 2.05) is 11.8 Å². The van der Waals surface area contributed by atoms with Crippen molar-refractivity contribution in [2.45, 2.75) is 64.2 Å². The Morgan fingerprint density at radius 3 is 2.00 bits per heavy atom. The van der Waals surface area contributed by atoms with Crippen LogP contribution >= 0.6 is 11.8 Å². The zero-order valence-electron chi connectivity index (χ0n) is 15.9. The molecule has 0 saturated carbocycles. The van der Waals surface area contributed by atoms with Crippen molar-refractivity contribution in [1.29, 1.82) is 0 Å². The molecule has 1 aromatic carbocycles. The lowest BCUT2D eigenvalue weighted by molar-refractivity contribution is 0.139. The second-order valence-corrected chi connectivity index (χ2v) is 7.69. The molecule has 0 unspecified atom stereocenters. The van der Waals surface area contributed by atoms with Crippen LogP contribution in [0.5, 0.6) is 0 Å². The fourth-order valence-electron chi connectivity index (χ4n) is 2.64. The lowest BCUT2D eigenvalue weighted by Crippen LogP contribution is -2.01. The first-order valence-corrected chi connectivity index (χ1v) is 10.8. The Morgan fingerprint density at radius 1 is 0.815 bits per heavy atom. The van der Waals surface area contributed by atoms with E-state index in [4.69, 9.17) is 5.90 Å². The van der Waals surface area contributed by atoms with Crippen LogP contribution in [0.2, 0.25) is 0 Å². The quantitative estimate of drug-likeness (QED) is 0.237. The molecule has 0 aliphatic carbocycles. The summed E-state index contributed by atoms with van der Waals surface area (Å²) in [6, 6.07) is 1.31. The number of thioether (sulfide) groups is 1. The lowest BCUT2D eigenvalue weighted by atomic mass is 10.1. The molecule has 0 bridgehead atoms. The van der Waals surface area contributed by atoms with Gasteiger partial charge in [0.2, 0.25) is 0 Å². The first kappa shape index (κ1) is 23.9. The number of rotatable bonds is 14. The van der Waals surface area contributed by atoms with Gasteiger partial charge in [-0.1, -0.05) is 50.4 Å². The molecule has 0 spiro atoms. The van der Waals surface area contributed by atoms with E-state index >= 15 is 0 Å². The van der Waals surface area contributed by atoms with Crippen LogP contribution in [0.1, 0.15) is 69.8 Å². The highest BCUT2D eigenvalue weighted by Crippen LogP contribution is 2.14. The minimum absolute atomic E-state index is 0.345. The van der Waals surface area contributed by atoms with E-state index in [9.17, 15) is 13.2 Å². The van der Waals surface area contributed by atoms with E-state index in [2.05, 4.69) is 16.7 Å². The maximum absolute atomic E-state index is 13.4. The average Bonchev–Trinajstić information content (AvgIpc) is 2.63. The number of hydrogen-bond acceptors (Lipinski definition) is 3. The summed E-state index contributed by atoms with van der Waals surface area (Å²) >= 11 is 1.96. The number of benzene rings is 1. The van der Waals surface area contributed by atoms with E-state index in [1.54, 1.807) is 0 Å². The molecular formula is C21H30F3NOS. The van der Waals surface area contributed by atoms with Crippen LogP contribution in [0, 0.1) is 29.3 Å². The largest absolute Gasteiger partial charge is 0.305 e. The molecule has 0 amide bonds. The van der Waals surface area contributed by atoms with Crippen molar-refractivity contribution in [2.24, 2.45) is 5.90 Å². The molecule has 0 aromatic heterocycles. The summed E-state index contributed by atoms with van der Waals surface area (Å²) < 4.78 is 39.6. The molecule has 0 radical (unpaired) electrons. The highest BCUT2D eigenvalue weighted by atomic mass is 32.2. The maximum atomic E-state index is 13.4. The molecule has 1 rings (SSSR count). The summed E-state index contributed by atoms with van der Waals surface area (Å²) in [4.78, 5) is 4.53. The van der Waals surface area contributed by atoms with Gasteiger partial charge in [-0.05, 0) is 30.8 Å². The van der Waals surface area contributed by atoms with E-state index in [0.29, 0.717) is 25.2 Å². The van der Waals surface area contributed by atoms with Crippen molar-refractivity contribution in [3.05, 3.63) is 35.1 Å². The third-order valence-electron chi connectivity index (χ3n) is 4.11. The second kappa shape index (κ2) is 15.9. The molecule has 2 nitrogen and oxygen atoms in total. The van der Waals surface area contributed by atoms with Gasteiger partial charge in [0.15, 0.2) is 0 Å². The molecule has 0 saturated heterocycles. The first-order valence-electron chi connectivity index (χ1n) is 9.68. The second-order valence-electron chi connectivity index (χ2n) is 6.46. The molecular weight excluding hydrogens is 371 g/mol. The van der Waals surface area contributed by atoms with Gasteiger partial charge >= 0.3 is 0 Å².